The summed E-state index contributed by atoms with van der Waals surface area (Å²) < 4.78 is 39.6. The summed E-state index contributed by atoms with van der Waals surface area (Å²) in [6.07, 6.45) is 0.761. The summed E-state index contributed by atoms with van der Waals surface area (Å²) >= 11 is 0. The van der Waals surface area contributed by atoms with Gasteiger partial charge in [-0.1, -0.05) is 0 Å². The van der Waals surface area contributed by atoms with Crippen molar-refractivity contribution >= 4 is 27.5 Å². The Kier molecular flexibility index (Phi) is 5.76. The number of amides is 2. The number of nitrogens with zero attached hydrogens (tertiary/aromatic N) is 1. The van der Waals surface area contributed by atoms with Gasteiger partial charge in [0.25, 0.3) is 0 Å². The van der Waals surface area contributed by atoms with Gasteiger partial charge >= 0.3 is 0 Å². The van der Waals surface area contributed by atoms with E-state index in [1.165, 1.54) is 28.6 Å². The fraction of sp³-hybridized carbons (Fsp3) is 0.263. The first-order valence-electron chi connectivity index (χ1n) is 8.74. The second-order valence-electron chi connectivity index (χ2n) is 6.56. The molecule has 148 valence electrons. The minimum absolute atomic E-state index is 0.0337. The molecular weight excluding hydrogens is 385 g/mol. The molecule has 1 aliphatic rings. The summed E-state index contributed by atoms with van der Waals surface area (Å²) in [5.41, 5.74) is 6.06. The summed E-state index contributed by atoms with van der Waals surface area (Å²) in [4.78, 5) is 23.5. The lowest BCUT2D eigenvalue weighted by molar-refractivity contribution is -0.120. The molecule has 2 aromatic carbocycles. The fourth-order valence-electron chi connectivity index (χ4n) is 3.08. The molecule has 1 aliphatic heterocycles. The first-order chi connectivity index (χ1) is 13.3. The van der Waals surface area contributed by atoms with E-state index in [0.717, 1.165) is 12.1 Å². The monoisotopic (exact) mass is 405 g/mol. The topological polar surface area (TPSA) is 110 Å². The number of halogens is 1. The Bertz CT molecular complexity index is 967. The van der Waals surface area contributed by atoms with Crippen molar-refractivity contribution in [3.05, 3.63) is 59.9 Å². The first kappa shape index (κ1) is 20.0. The van der Waals surface area contributed by atoms with Crippen molar-refractivity contribution in [3.8, 4) is 0 Å². The van der Waals surface area contributed by atoms with Crippen molar-refractivity contribution in [3.63, 3.8) is 0 Å². The van der Waals surface area contributed by atoms with E-state index in [1.807, 2.05) is 0 Å². The van der Waals surface area contributed by atoms with Crippen LogP contribution in [-0.4, -0.2) is 37.6 Å². The Balaban J connectivity index is 1.59. The molecular formula is C19H20FN3O4S. The molecule has 3 N–H and O–H groups in total. The van der Waals surface area contributed by atoms with Crippen LogP contribution in [0.25, 0.3) is 0 Å². The molecule has 0 atom stereocenters. The molecule has 0 radical (unpaired) electrons. The minimum Gasteiger partial charge on any atom is -0.366 e. The van der Waals surface area contributed by atoms with Crippen molar-refractivity contribution in [2.45, 2.75) is 17.7 Å². The summed E-state index contributed by atoms with van der Waals surface area (Å²) in [6, 6.07) is 10.9. The third-order valence-electron chi connectivity index (χ3n) is 4.71. The third-order valence-corrected chi connectivity index (χ3v) is 6.63. The maximum atomic E-state index is 13.0. The lowest BCUT2D eigenvalue weighted by atomic mass is 9.97. The molecule has 1 heterocycles. The Morgan fingerprint density at radius 2 is 1.57 bits per heavy atom. The fourth-order valence-corrected chi connectivity index (χ4v) is 4.55. The predicted octanol–water partition coefficient (Wildman–Crippen LogP) is 1.96. The number of sulfonamides is 1. The number of benzene rings is 2. The number of hydrogen-bond acceptors (Lipinski definition) is 4. The highest BCUT2D eigenvalue weighted by atomic mass is 32.2. The molecule has 2 aromatic rings. The Labute approximate surface area is 162 Å². The smallest absolute Gasteiger partial charge is 0.248 e. The van der Waals surface area contributed by atoms with Crippen molar-refractivity contribution in [2.24, 2.45) is 11.7 Å². The number of nitrogens with two attached hydrogens (primary N) is 1. The zero-order chi connectivity index (χ0) is 20.3. The highest BCUT2D eigenvalue weighted by Crippen LogP contribution is 2.25. The molecule has 0 spiro atoms. The Hall–Kier alpha value is -2.78. The van der Waals surface area contributed by atoms with Crippen LogP contribution in [0.5, 0.6) is 0 Å². The van der Waals surface area contributed by atoms with Gasteiger partial charge in [-0.2, -0.15) is 4.31 Å². The van der Waals surface area contributed by atoms with Crippen LogP contribution in [0.3, 0.4) is 0 Å². The third kappa shape index (κ3) is 4.37. The molecule has 1 fully saturated rings. The van der Waals surface area contributed by atoms with Crippen LogP contribution in [-0.2, 0) is 14.8 Å². The van der Waals surface area contributed by atoms with Gasteiger partial charge in [-0.25, -0.2) is 12.8 Å². The maximum absolute atomic E-state index is 13.0. The van der Waals surface area contributed by atoms with Gasteiger partial charge in [0, 0.05) is 30.3 Å². The molecule has 3 rings (SSSR count). The predicted molar refractivity (Wildman–Crippen MR) is 101 cm³/mol. The average molecular weight is 405 g/mol. The van der Waals surface area contributed by atoms with E-state index < -0.39 is 21.7 Å². The number of primary amides is 1. The minimum atomic E-state index is -3.71. The quantitative estimate of drug-likeness (QED) is 0.792. The largest absolute Gasteiger partial charge is 0.366 e. The molecule has 1 saturated heterocycles. The van der Waals surface area contributed by atoms with Gasteiger partial charge in [0.15, 0.2) is 0 Å². The van der Waals surface area contributed by atoms with E-state index in [-0.39, 0.29) is 29.8 Å². The first-order valence-corrected chi connectivity index (χ1v) is 10.2. The standard InChI is InChI=1S/C19H20FN3O4S/c20-15-3-7-17(8-4-15)28(26,27)23-11-9-14(10-12-23)19(25)22-16-5-1-13(2-6-16)18(21)24/h1-8,14H,9-12H2,(H2,21,24)(H,22,25). The average Bonchev–Trinajstić information content (AvgIpc) is 2.69. The van der Waals surface area contributed by atoms with Crippen LogP contribution in [0.4, 0.5) is 10.1 Å². The van der Waals surface area contributed by atoms with Gasteiger partial charge < -0.3 is 11.1 Å². The number of hydrogen-bond donors (Lipinski definition) is 2. The van der Waals surface area contributed by atoms with E-state index in [0.29, 0.717) is 24.1 Å². The van der Waals surface area contributed by atoms with Gasteiger partial charge in [0.2, 0.25) is 21.8 Å². The second kappa shape index (κ2) is 8.07. The Morgan fingerprint density at radius 3 is 2.11 bits per heavy atom. The second-order valence-corrected chi connectivity index (χ2v) is 8.50. The lowest BCUT2D eigenvalue weighted by Gasteiger charge is -2.30. The van der Waals surface area contributed by atoms with Gasteiger partial charge in [0.1, 0.15) is 5.82 Å². The van der Waals surface area contributed by atoms with Gasteiger partial charge in [0.05, 0.1) is 4.90 Å². The number of carbonyl (C=O) groups excluding carboxylic acids is 2. The SMILES string of the molecule is NC(=O)c1ccc(NC(=O)C2CCN(S(=O)(=O)c3ccc(F)cc3)CC2)cc1. The van der Waals surface area contributed by atoms with E-state index in [2.05, 4.69) is 5.32 Å². The van der Waals surface area contributed by atoms with Crippen molar-refractivity contribution < 1.29 is 22.4 Å². The molecule has 28 heavy (non-hydrogen) atoms. The highest BCUT2D eigenvalue weighted by molar-refractivity contribution is 7.89. The molecule has 0 aliphatic carbocycles. The van der Waals surface area contributed by atoms with E-state index in [9.17, 15) is 22.4 Å². The number of piperidine rings is 1. The van der Waals surface area contributed by atoms with Crippen LogP contribution in [0, 0.1) is 11.7 Å². The number of carbonyl (C=O) groups is 2. The molecule has 9 heteroatoms. The van der Waals surface area contributed by atoms with E-state index in [1.54, 1.807) is 12.1 Å². The lowest BCUT2D eigenvalue weighted by Crippen LogP contribution is -2.41. The van der Waals surface area contributed by atoms with Crippen LogP contribution in [0.15, 0.2) is 53.4 Å². The van der Waals surface area contributed by atoms with Crippen LogP contribution >= 0.6 is 0 Å². The van der Waals surface area contributed by atoms with Crippen molar-refractivity contribution in [2.75, 3.05) is 18.4 Å². The zero-order valence-electron chi connectivity index (χ0n) is 15.0. The molecule has 7 nitrogen and oxygen atoms in total. The summed E-state index contributed by atoms with van der Waals surface area (Å²) in [5, 5.41) is 2.77. The number of rotatable bonds is 5. The number of anilines is 1. The van der Waals surface area contributed by atoms with Gasteiger partial charge in [-0.15, -0.1) is 0 Å². The summed E-state index contributed by atoms with van der Waals surface area (Å²) in [7, 11) is -3.71. The molecule has 0 unspecified atom stereocenters. The van der Waals surface area contributed by atoms with E-state index >= 15 is 0 Å². The number of nitrogens with one attached hydrogen (secondary N) is 1. The molecule has 0 bridgehead atoms. The summed E-state index contributed by atoms with van der Waals surface area (Å²) in [6.45, 7) is 0.414. The van der Waals surface area contributed by atoms with Crippen molar-refractivity contribution in [1.29, 1.82) is 0 Å². The van der Waals surface area contributed by atoms with E-state index in [4.69, 9.17) is 5.73 Å². The van der Waals surface area contributed by atoms with Crippen molar-refractivity contribution in [1.82, 2.24) is 4.31 Å². The van der Waals surface area contributed by atoms with Crippen LogP contribution < -0.4 is 11.1 Å². The maximum Gasteiger partial charge on any atom is 0.248 e. The van der Waals surface area contributed by atoms with Gasteiger partial charge in [-0.3, -0.25) is 9.59 Å². The van der Waals surface area contributed by atoms with Gasteiger partial charge in [-0.05, 0) is 61.4 Å². The molecule has 0 saturated carbocycles. The molecule has 0 aromatic heterocycles. The zero-order valence-corrected chi connectivity index (χ0v) is 15.8. The highest BCUT2D eigenvalue weighted by Gasteiger charge is 2.32. The summed E-state index contributed by atoms with van der Waals surface area (Å²) in [5.74, 6) is -1.58. The normalized spacial score (nSPS) is 15.9. The van der Waals surface area contributed by atoms with Crippen LogP contribution in [0.1, 0.15) is 23.2 Å². The Morgan fingerprint density at radius 1 is 1.00 bits per heavy atom. The molecule has 2 amide bonds. The van der Waals surface area contributed by atoms with Crippen LogP contribution in [0.2, 0.25) is 0 Å².